The first-order valence-electron chi connectivity index (χ1n) is 10.6. The van der Waals surface area contributed by atoms with Gasteiger partial charge in [-0.15, -0.1) is 0 Å². The number of hydrogen-bond acceptors (Lipinski definition) is 4. The Morgan fingerprint density at radius 1 is 0.938 bits per heavy atom. The van der Waals surface area contributed by atoms with Gasteiger partial charge in [0, 0.05) is 6.07 Å². The molecule has 1 heterocycles. The van der Waals surface area contributed by atoms with Gasteiger partial charge in [0.2, 0.25) is 5.78 Å². The third kappa shape index (κ3) is 4.22. The highest BCUT2D eigenvalue weighted by atomic mass is 16.5. The summed E-state index contributed by atoms with van der Waals surface area (Å²) in [6.45, 7) is 10.1. The summed E-state index contributed by atoms with van der Waals surface area (Å²) in [5.74, 6) is 0.392. The second kappa shape index (κ2) is 8.12. The van der Waals surface area contributed by atoms with Crippen LogP contribution in [-0.2, 0) is 5.41 Å². The molecule has 3 aromatic rings. The topological polar surface area (TPSA) is 52.6 Å². The van der Waals surface area contributed by atoms with Crippen molar-refractivity contribution >= 4 is 17.8 Å². The summed E-state index contributed by atoms with van der Waals surface area (Å²) in [4.78, 5) is 25.5. The average Bonchev–Trinajstić information content (AvgIpc) is 3.03. The summed E-state index contributed by atoms with van der Waals surface area (Å²) in [5, 5.41) is 0. The number of ether oxygens (including phenoxy) is 2. The molecular weight excluding hydrogens is 400 g/mol. The fourth-order valence-electron chi connectivity index (χ4n) is 3.73. The third-order valence-electron chi connectivity index (χ3n) is 5.59. The van der Waals surface area contributed by atoms with Gasteiger partial charge in [0.1, 0.15) is 11.5 Å². The molecule has 0 radical (unpaired) electrons. The van der Waals surface area contributed by atoms with Gasteiger partial charge in [-0.05, 0) is 59.7 Å². The van der Waals surface area contributed by atoms with Crippen molar-refractivity contribution in [3.8, 4) is 11.5 Å². The summed E-state index contributed by atoms with van der Waals surface area (Å²) >= 11 is 0. The Labute approximate surface area is 188 Å². The van der Waals surface area contributed by atoms with Gasteiger partial charge in [0.15, 0.2) is 5.76 Å². The molecule has 3 aromatic carbocycles. The highest BCUT2D eigenvalue weighted by Crippen LogP contribution is 2.38. The Morgan fingerprint density at radius 2 is 1.62 bits per heavy atom. The molecule has 0 aromatic heterocycles. The first-order chi connectivity index (χ1) is 15.1. The van der Waals surface area contributed by atoms with Crippen LogP contribution in [0.2, 0.25) is 0 Å². The van der Waals surface area contributed by atoms with Gasteiger partial charge in [0.05, 0.1) is 11.1 Å². The van der Waals surface area contributed by atoms with Gasteiger partial charge in [-0.3, -0.25) is 4.79 Å². The van der Waals surface area contributed by atoms with Gasteiger partial charge in [-0.25, -0.2) is 4.79 Å². The molecule has 0 saturated carbocycles. The second-order valence-corrected chi connectivity index (χ2v) is 9.13. The number of rotatable bonds is 3. The second-order valence-electron chi connectivity index (χ2n) is 9.13. The molecule has 1 aliphatic rings. The van der Waals surface area contributed by atoms with Crippen LogP contribution in [0.3, 0.4) is 0 Å². The predicted octanol–water partition coefficient (Wildman–Crippen LogP) is 6.44. The lowest BCUT2D eigenvalue weighted by atomic mass is 9.86. The molecule has 4 heteroatoms. The molecule has 4 nitrogen and oxygen atoms in total. The molecule has 0 atom stereocenters. The van der Waals surface area contributed by atoms with Crippen LogP contribution in [0.15, 0.2) is 66.4 Å². The van der Waals surface area contributed by atoms with E-state index >= 15 is 0 Å². The van der Waals surface area contributed by atoms with Crippen LogP contribution in [0.4, 0.5) is 0 Å². The van der Waals surface area contributed by atoms with E-state index in [1.807, 2.05) is 38.1 Å². The van der Waals surface area contributed by atoms with E-state index in [9.17, 15) is 9.59 Å². The van der Waals surface area contributed by atoms with E-state index in [4.69, 9.17) is 9.47 Å². The van der Waals surface area contributed by atoms with Crippen LogP contribution in [0.1, 0.15) is 63.7 Å². The molecule has 0 bridgehead atoms. The maximum atomic E-state index is 12.9. The van der Waals surface area contributed by atoms with Gasteiger partial charge < -0.3 is 9.47 Å². The first-order valence-corrected chi connectivity index (χ1v) is 10.6. The molecule has 0 fully saturated rings. The summed E-state index contributed by atoms with van der Waals surface area (Å²) in [5.41, 5.74) is 4.71. The summed E-state index contributed by atoms with van der Waals surface area (Å²) in [7, 11) is 0. The number of carbonyl (C=O) groups excluding carboxylic acids is 2. The van der Waals surface area contributed by atoms with Gasteiger partial charge >= 0.3 is 5.97 Å². The van der Waals surface area contributed by atoms with Crippen molar-refractivity contribution in [2.45, 2.75) is 40.0 Å². The number of benzene rings is 3. The predicted molar refractivity (Wildman–Crippen MR) is 125 cm³/mol. The highest BCUT2D eigenvalue weighted by molar-refractivity contribution is 6.15. The zero-order chi connectivity index (χ0) is 23.0. The van der Waals surface area contributed by atoms with Crippen LogP contribution >= 0.6 is 0 Å². The molecule has 0 amide bonds. The first kappa shape index (κ1) is 21.6. The Bertz CT molecular complexity index is 1240. The summed E-state index contributed by atoms with van der Waals surface area (Å²) < 4.78 is 11.4. The van der Waals surface area contributed by atoms with E-state index in [2.05, 4.69) is 32.9 Å². The minimum Gasteiger partial charge on any atom is -0.452 e. The highest BCUT2D eigenvalue weighted by Gasteiger charge is 2.30. The van der Waals surface area contributed by atoms with Gasteiger partial charge in [-0.2, -0.15) is 0 Å². The number of fused-ring (bicyclic) bond motifs is 1. The van der Waals surface area contributed by atoms with Crippen molar-refractivity contribution in [2.24, 2.45) is 0 Å². The van der Waals surface area contributed by atoms with Crippen molar-refractivity contribution in [1.29, 1.82) is 0 Å². The van der Waals surface area contributed by atoms with E-state index in [1.165, 1.54) is 5.56 Å². The van der Waals surface area contributed by atoms with E-state index in [0.717, 1.165) is 11.1 Å². The summed E-state index contributed by atoms with van der Waals surface area (Å²) in [6.07, 6.45) is 1.74. The number of aryl methyl sites for hydroxylation is 2. The number of esters is 1. The van der Waals surface area contributed by atoms with E-state index in [-0.39, 0.29) is 17.0 Å². The number of allylic oxidation sites excluding steroid dienone is 1. The fraction of sp³-hybridized carbons (Fsp3) is 0.214. The van der Waals surface area contributed by atoms with Crippen molar-refractivity contribution in [3.63, 3.8) is 0 Å². The smallest absolute Gasteiger partial charge is 0.343 e. The van der Waals surface area contributed by atoms with Crippen molar-refractivity contribution in [2.75, 3.05) is 0 Å². The molecule has 32 heavy (non-hydrogen) atoms. The molecule has 0 unspecified atom stereocenters. The molecule has 0 N–H and O–H groups in total. The zero-order valence-corrected chi connectivity index (χ0v) is 19.0. The Morgan fingerprint density at radius 3 is 2.28 bits per heavy atom. The van der Waals surface area contributed by atoms with Gasteiger partial charge in [-0.1, -0.05) is 63.2 Å². The van der Waals surface area contributed by atoms with Crippen molar-refractivity contribution < 1.29 is 19.1 Å². The lowest BCUT2D eigenvalue weighted by Gasteiger charge is -2.18. The fourth-order valence-corrected chi connectivity index (χ4v) is 3.73. The Kier molecular flexibility index (Phi) is 5.47. The SMILES string of the molecule is Cc1ccccc1C(=O)Oc1cc(C)c2c(c1)O/C(=C\c1ccc(C(C)(C)C)cc1)C2=O. The van der Waals surface area contributed by atoms with Gasteiger partial charge in [0.25, 0.3) is 0 Å². The number of Topliss-reactive ketones (excluding diaryl/α,β-unsaturated/α-hetero) is 1. The molecule has 4 rings (SSSR count). The quantitative estimate of drug-likeness (QED) is 0.275. The average molecular weight is 427 g/mol. The summed E-state index contributed by atoms with van der Waals surface area (Å²) in [6, 6.07) is 18.6. The molecule has 0 spiro atoms. The molecule has 0 saturated heterocycles. The Balaban J connectivity index is 1.58. The third-order valence-corrected chi connectivity index (χ3v) is 5.59. The monoisotopic (exact) mass is 426 g/mol. The number of hydrogen-bond donors (Lipinski definition) is 0. The lowest BCUT2D eigenvalue weighted by Crippen LogP contribution is -2.10. The van der Waals surface area contributed by atoms with Crippen molar-refractivity contribution in [3.05, 3.63) is 99.8 Å². The van der Waals surface area contributed by atoms with Crippen LogP contribution < -0.4 is 9.47 Å². The molecule has 162 valence electrons. The minimum atomic E-state index is -0.443. The standard InChI is InChI=1S/C28H26O4/c1-17-8-6-7-9-22(17)27(30)31-21-14-18(2)25-23(16-21)32-24(26(25)29)15-19-10-12-20(13-11-19)28(3,4)5/h6-16H,1-5H3/b24-15-. The van der Waals surface area contributed by atoms with Crippen LogP contribution in [-0.4, -0.2) is 11.8 Å². The molecule has 1 aliphatic heterocycles. The lowest BCUT2D eigenvalue weighted by molar-refractivity contribution is 0.0733. The maximum Gasteiger partial charge on any atom is 0.343 e. The van der Waals surface area contributed by atoms with Crippen LogP contribution in [0, 0.1) is 13.8 Å². The maximum absolute atomic E-state index is 12.9. The van der Waals surface area contributed by atoms with E-state index < -0.39 is 5.97 Å². The number of carbonyl (C=O) groups is 2. The number of ketones is 1. The van der Waals surface area contributed by atoms with E-state index in [0.29, 0.717) is 28.2 Å². The van der Waals surface area contributed by atoms with E-state index in [1.54, 1.807) is 30.3 Å². The zero-order valence-electron chi connectivity index (χ0n) is 19.0. The minimum absolute atomic E-state index is 0.0603. The van der Waals surface area contributed by atoms with Crippen LogP contribution in [0.25, 0.3) is 6.08 Å². The van der Waals surface area contributed by atoms with Crippen LogP contribution in [0.5, 0.6) is 11.5 Å². The molecule has 0 aliphatic carbocycles. The van der Waals surface area contributed by atoms with Crippen molar-refractivity contribution in [1.82, 2.24) is 0 Å². The largest absolute Gasteiger partial charge is 0.452 e. The molecular formula is C28H26O4. The normalized spacial score (nSPS) is 14.3. The Hall–Kier alpha value is -3.66.